The first kappa shape index (κ1) is 24.8. The van der Waals surface area contributed by atoms with Crippen LogP contribution < -0.4 is 10.2 Å². The second-order valence-corrected chi connectivity index (χ2v) is 10.4. The Morgan fingerprint density at radius 2 is 1.67 bits per heavy atom. The van der Waals surface area contributed by atoms with Gasteiger partial charge in [0.1, 0.15) is 5.82 Å². The summed E-state index contributed by atoms with van der Waals surface area (Å²) in [5.74, 6) is 0.319. The van der Waals surface area contributed by atoms with E-state index in [1.54, 1.807) is 0 Å². The molecule has 7 heteroatoms. The largest absolute Gasteiger partial charge is 0.464 e. The third-order valence-electron chi connectivity index (χ3n) is 7.93. The summed E-state index contributed by atoms with van der Waals surface area (Å²) in [7, 11) is 1.38. The molecule has 1 saturated heterocycles. The number of aromatic nitrogens is 1. The van der Waals surface area contributed by atoms with Crippen LogP contribution in [0.4, 0.5) is 17.2 Å². The number of benzene rings is 1. The lowest BCUT2D eigenvalue weighted by Gasteiger charge is -2.38. The predicted octanol–water partition coefficient (Wildman–Crippen LogP) is 6.10. The van der Waals surface area contributed by atoms with Crippen LogP contribution in [0, 0.1) is 11.3 Å². The van der Waals surface area contributed by atoms with Gasteiger partial charge in [0.25, 0.3) is 0 Å². The summed E-state index contributed by atoms with van der Waals surface area (Å²) in [6, 6.07) is 11.6. The fraction of sp³-hybridized carbons (Fsp3) is 0.552. The van der Waals surface area contributed by atoms with Gasteiger partial charge in [-0.1, -0.05) is 43.9 Å². The van der Waals surface area contributed by atoms with Gasteiger partial charge in [0.05, 0.1) is 30.6 Å². The Labute approximate surface area is 214 Å². The maximum atomic E-state index is 12.6. The first-order valence-corrected chi connectivity index (χ1v) is 13.6. The Balaban J connectivity index is 1.44. The van der Waals surface area contributed by atoms with Gasteiger partial charge in [-0.05, 0) is 56.7 Å². The molecule has 0 spiro atoms. The van der Waals surface area contributed by atoms with Crippen LogP contribution in [0.25, 0.3) is 0 Å². The van der Waals surface area contributed by atoms with Crippen LogP contribution in [0.2, 0.25) is 0 Å². The lowest BCUT2D eigenvalue weighted by molar-refractivity contribution is -0.0395. The highest BCUT2D eigenvalue weighted by atomic mass is 16.5. The Bertz CT molecular complexity index is 1060. The van der Waals surface area contributed by atoms with E-state index < -0.39 is 5.97 Å². The van der Waals surface area contributed by atoms with Gasteiger partial charge < -0.3 is 25.1 Å². The number of rotatable bonds is 8. The molecule has 0 unspecified atom stereocenters. The molecule has 192 valence electrons. The zero-order valence-electron chi connectivity index (χ0n) is 21.3. The van der Waals surface area contributed by atoms with Crippen molar-refractivity contribution in [1.82, 2.24) is 4.98 Å². The van der Waals surface area contributed by atoms with Crippen molar-refractivity contribution in [2.24, 2.45) is 5.92 Å². The van der Waals surface area contributed by atoms with Gasteiger partial charge in [0.2, 0.25) is 0 Å². The van der Waals surface area contributed by atoms with Crippen LogP contribution in [0.5, 0.6) is 0 Å². The quantitative estimate of drug-likeness (QED) is 0.343. The lowest BCUT2D eigenvalue weighted by Crippen LogP contribution is -2.40. The Kier molecular flexibility index (Phi) is 7.85. The van der Waals surface area contributed by atoms with Gasteiger partial charge in [0.15, 0.2) is 5.69 Å². The normalized spacial score (nSPS) is 19.5. The number of anilines is 3. The van der Waals surface area contributed by atoms with E-state index >= 15 is 0 Å². The predicted molar refractivity (Wildman–Crippen MR) is 143 cm³/mol. The Hall–Kier alpha value is -2.93. The number of esters is 1. The van der Waals surface area contributed by atoms with E-state index in [1.807, 2.05) is 36.4 Å². The number of pyridine rings is 1. The van der Waals surface area contributed by atoms with Crippen molar-refractivity contribution < 1.29 is 14.3 Å². The molecule has 2 saturated carbocycles. The molecule has 0 atom stereocenters. The second-order valence-electron chi connectivity index (χ2n) is 10.4. The molecule has 0 amide bonds. The first-order valence-electron chi connectivity index (χ1n) is 13.6. The Morgan fingerprint density at radius 3 is 2.31 bits per heavy atom. The highest BCUT2D eigenvalue weighted by Gasteiger charge is 2.32. The molecule has 2 aromatic rings. The summed E-state index contributed by atoms with van der Waals surface area (Å²) in [5, 5.41) is 12.5. The van der Waals surface area contributed by atoms with E-state index in [0.29, 0.717) is 17.6 Å². The molecule has 1 aliphatic heterocycles. The van der Waals surface area contributed by atoms with Gasteiger partial charge in [-0.3, -0.25) is 0 Å². The summed E-state index contributed by atoms with van der Waals surface area (Å²) >= 11 is 0. The number of methoxy groups -OCH3 is 1. The van der Waals surface area contributed by atoms with E-state index in [0.717, 1.165) is 62.1 Å². The van der Waals surface area contributed by atoms with Crippen LogP contribution in [0.1, 0.15) is 80.3 Å². The number of piperidine rings is 1. The van der Waals surface area contributed by atoms with Crippen molar-refractivity contribution in [3.63, 3.8) is 0 Å². The van der Waals surface area contributed by atoms with E-state index in [1.165, 1.54) is 39.2 Å². The molecule has 7 nitrogen and oxygen atoms in total. The van der Waals surface area contributed by atoms with Crippen molar-refractivity contribution in [3.05, 3.63) is 47.7 Å². The molecule has 0 radical (unpaired) electrons. The maximum Gasteiger partial charge on any atom is 0.356 e. The van der Waals surface area contributed by atoms with Crippen molar-refractivity contribution >= 4 is 28.9 Å². The van der Waals surface area contributed by atoms with Crippen molar-refractivity contribution in [1.29, 1.82) is 5.41 Å². The number of ether oxygens (including phenoxy) is 2. The van der Waals surface area contributed by atoms with Crippen LogP contribution in [0.15, 0.2) is 36.4 Å². The summed E-state index contributed by atoms with van der Waals surface area (Å²) in [4.78, 5) is 19.6. The average Bonchev–Trinajstić information content (AvgIpc) is 2.88. The zero-order chi connectivity index (χ0) is 24.9. The van der Waals surface area contributed by atoms with Gasteiger partial charge in [-0.25, -0.2) is 9.78 Å². The topological polar surface area (TPSA) is 87.5 Å². The van der Waals surface area contributed by atoms with Gasteiger partial charge >= 0.3 is 5.97 Å². The monoisotopic (exact) mass is 490 g/mol. The number of hydrogen-bond acceptors (Lipinski definition) is 7. The highest BCUT2D eigenvalue weighted by Crippen LogP contribution is 2.38. The minimum absolute atomic E-state index is 0.234. The second kappa shape index (κ2) is 11.4. The molecule has 1 aromatic carbocycles. The van der Waals surface area contributed by atoms with Crippen LogP contribution in [-0.2, 0) is 9.47 Å². The van der Waals surface area contributed by atoms with Crippen molar-refractivity contribution in [2.45, 2.75) is 76.4 Å². The number of hydrogen-bond donors (Lipinski definition) is 2. The smallest absolute Gasteiger partial charge is 0.356 e. The molecule has 2 N–H and O–H groups in total. The van der Waals surface area contributed by atoms with Gasteiger partial charge in [0, 0.05) is 30.4 Å². The van der Waals surface area contributed by atoms with Crippen LogP contribution in [-0.4, -0.2) is 49.1 Å². The molecule has 3 fully saturated rings. The minimum Gasteiger partial charge on any atom is -0.464 e. The van der Waals surface area contributed by atoms with E-state index in [2.05, 4.69) is 15.2 Å². The number of para-hydroxylation sites is 1. The van der Waals surface area contributed by atoms with E-state index in [-0.39, 0.29) is 17.7 Å². The van der Waals surface area contributed by atoms with Gasteiger partial charge in [-0.15, -0.1) is 0 Å². The first-order chi connectivity index (χ1) is 17.6. The van der Waals surface area contributed by atoms with Crippen LogP contribution >= 0.6 is 0 Å². The number of carbonyl (C=O) groups excluding carboxylic acids is 1. The molecular formula is C29H38N4O3. The van der Waals surface area contributed by atoms with Crippen molar-refractivity contribution in [3.8, 4) is 0 Å². The highest BCUT2D eigenvalue weighted by molar-refractivity contribution is 6.10. The lowest BCUT2D eigenvalue weighted by atomic mass is 9.79. The summed E-state index contributed by atoms with van der Waals surface area (Å²) in [6.45, 7) is 1.66. The summed E-state index contributed by atoms with van der Waals surface area (Å²) in [6.07, 6.45) is 12.1. The molecule has 2 aliphatic carbocycles. The molecule has 5 rings (SSSR count). The molecule has 36 heavy (non-hydrogen) atoms. The minimum atomic E-state index is -0.468. The molecule has 0 bridgehead atoms. The third kappa shape index (κ3) is 5.56. The molecule has 1 aromatic heterocycles. The maximum absolute atomic E-state index is 12.6. The summed E-state index contributed by atoms with van der Waals surface area (Å²) < 4.78 is 11.5. The van der Waals surface area contributed by atoms with E-state index in [4.69, 9.17) is 14.9 Å². The standard InChI is InChI=1S/C29H38N4O3/c1-35-29(34)24-19-25(33-17-15-23(16-18-33)36-22-13-6-3-7-14-22)26(27(30)20-9-8-10-20)28(32-24)31-21-11-4-2-5-12-21/h2,4-5,11-12,19-20,22-23,30H,3,6-10,13-18H2,1H3,(H,31,32). The number of nitrogens with zero attached hydrogens (tertiary/aromatic N) is 2. The Morgan fingerprint density at radius 1 is 0.972 bits per heavy atom. The van der Waals surface area contributed by atoms with E-state index in [9.17, 15) is 4.79 Å². The fourth-order valence-corrected chi connectivity index (χ4v) is 5.61. The number of carbonyl (C=O) groups is 1. The zero-order valence-corrected chi connectivity index (χ0v) is 21.3. The third-order valence-corrected chi connectivity index (χ3v) is 7.93. The fourth-order valence-electron chi connectivity index (χ4n) is 5.61. The summed E-state index contributed by atoms with van der Waals surface area (Å²) in [5.41, 5.74) is 3.45. The van der Waals surface area contributed by atoms with Crippen molar-refractivity contribution in [2.75, 3.05) is 30.4 Å². The average molecular weight is 491 g/mol. The SMILES string of the molecule is COC(=O)c1cc(N2CCC(OC3CCCCC3)CC2)c(C(=N)C2CCC2)c(Nc2ccccc2)n1. The molecule has 3 aliphatic rings. The van der Waals surface area contributed by atoms with Gasteiger partial charge in [-0.2, -0.15) is 0 Å². The number of nitrogens with one attached hydrogen (secondary N) is 2. The van der Waals surface area contributed by atoms with Crippen LogP contribution in [0.3, 0.4) is 0 Å². The molecule has 2 heterocycles. The molecular weight excluding hydrogens is 452 g/mol.